The number of aromatic nitrogens is 1. The van der Waals surface area contributed by atoms with Crippen LogP contribution in [0.25, 0.3) is 0 Å². The Morgan fingerprint density at radius 1 is 1.61 bits per heavy atom. The number of rotatable bonds is 4. The van der Waals surface area contributed by atoms with Crippen LogP contribution >= 0.6 is 0 Å². The Morgan fingerprint density at radius 2 is 2.44 bits per heavy atom. The van der Waals surface area contributed by atoms with Gasteiger partial charge in [-0.1, -0.05) is 6.07 Å². The van der Waals surface area contributed by atoms with E-state index in [4.69, 9.17) is 9.84 Å². The molecule has 2 rings (SSSR count). The molecule has 1 unspecified atom stereocenters. The van der Waals surface area contributed by atoms with Gasteiger partial charge in [-0.2, -0.15) is 0 Å². The van der Waals surface area contributed by atoms with Gasteiger partial charge in [-0.15, -0.1) is 0 Å². The third-order valence-electron chi connectivity index (χ3n) is 2.98. The second-order valence-corrected chi connectivity index (χ2v) is 4.65. The van der Waals surface area contributed by atoms with E-state index >= 15 is 0 Å². The van der Waals surface area contributed by atoms with Crippen molar-refractivity contribution in [2.45, 2.75) is 26.0 Å². The van der Waals surface area contributed by atoms with Crippen LogP contribution in [0.2, 0.25) is 0 Å². The van der Waals surface area contributed by atoms with E-state index in [2.05, 4.69) is 9.88 Å². The normalized spacial score (nSPS) is 20.8. The summed E-state index contributed by atoms with van der Waals surface area (Å²) >= 11 is 0. The standard InChI is InChI=1S/C13H18N2O3/c1-10-2-3-11(14-7-10)8-15-4-5-18-12(9-15)6-13(16)17/h2-3,7,12H,4-6,8-9H2,1H3,(H,16,17). The first-order chi connectivity index (χ1) is 8.63. The average Bonchev–Trinajstić information content (AvgIpc) is 2.32. The number of hydrogen-bond acceptors (Lipinski definition) is 4. The Bertz CT molecular complexity index is 405. The minimum atomic E-state index is -0.810. The van der Waals surface area contributed by atoms with Crippen molar-refractivity contribution in [1.82, 2.24) is 9.88 Å². The van der Waals surface area contributed by atoms with Crippen LogP contribution in [-0.4, -0.2) is 46.8 Å². The first kappa shape index (κ1) is 13.0. The van der Waals surface area contributed by atoms with Crippen LogP contribution in [-0.2, 0) is 16.1 Å². The van der Waals surface area contributed by atoms with Crippen molar-refractivity contribution in [3.05, 3.63) is 29.6 Å². The molecule has 1 aliphatic heterocycles. The molecule has 0 aromatic carbocycles. The molecule has 5 heteroatoms. The lowest BCUT2D eigenvalue weighted by Crippen LogP contribution is -2.42. The lowest BCUT2D eigenvalue weighted by Gasteiger charge is -2.31. The molecular formula is C13H18N2O3. The molecule has 1 saturated heterocycles. The first-order valence-corrected chi connectivity index (χ1v) is 6.11. The van der Waals surface area contributed by atoms with Crippen LogP contribution in [0, 0.1) is 6.92 Å². The summed E-state index contributed by atoms with van der Waals surface area (Å²) in [6.07, 6.45) is 1.71. The summed E-state index contributed by atoms with van der Waals surface area (Å²) in [5.41, 5.74) is 2.15. The van der Waals surface area contributed by atoms with Gasteiger partial charge in [0.25, 0.3) is 0 Å². The SMILES string of the molecule is Cc1ccc(CN2CCOC(CC(=O)O)C2)nc1. The van der Waals surface area contributed by atoms with Crippen molar-refractivity contribution in [1.29, 1.82) is 0 Å². The molecule has 0 radical (unpaired) electrons. The summed E-state index contributed by atoms with van der Waals surface area (Å²) in [4.78, 5) is 17.2. The van der Waals surface area contributed by atoms with Crippen LogP contribution in [0.5, 0.6) is 0 Å². The van der Waals surface area contributed by atoms with Crippen molar-refractivity contribution in [3.8, 4) is 0 Å². The van der Waals surface area contributed by atoms with Gasteiger partial charge >= 0.3 is 5.97 Å². The van der Waals surface area contributed by atoms with Gasteiger partial charge in [0.05, 0.1) is 24.8 Å². The van der Waals surface area contributed by atoms with Crippen molar-refractivity contribution in [2.75, 3.05) is 19.7 Å². The summed E-state index contributed by atoms with van der Waals surface area (Å²) in [5, 5.41) is 8.76. The summed E-state index contributed by atoms with van der Waals surface area (Å²) < 4.78 is 5.43. The largest absolute Gasteiger partial charge is 0.481 e. The molecule has 2 heterocycles. The van der Waals surface area contributed by atoms with Crippen LogP contribution < -0.4 is 0 Å². The third-order valence-corrected chi connectivity index (χ3v) is 2.98. The summed E-state index contributed by atoms with van der Waals surface area (Å²) in [6.45, 7) is 4.82. The average molecular weight is 250 g/mol. The number of morpholine rings is 1. The minimum Gasteiger partial charge on any atom is -0.481 e. The number of pyridine rings is 1. The Kier molecular flexibility index (Phi) is 4.28. The van der Waals surface area contributed by atoms with E-state index in [1.807, 2.05) is 25.3 Å². The maximum absolute atomic E-state index is 10.7. The summed E-state index contributed by atoms with van der Waals surface area (Å²) in [5.74, 6) is -0.810. The topological polar surface area (TPSA) is 62.7 Å². The zero-order valence-corrected chi connectivity index (χ0v) is 10.5. The van der Waals surface area contributed by atoms with Gasteiger partial charge in [0.15, 0.2) is 0 Å². The van der Waals surface area contributed by atoms with Crippen LogP contribution in [0.4, 0.5) is 0 Å². The van der Waals surface area contributed by atoms with Gasteiger partial charge in [-0.05, 0) is 18.6 Å². The lowest BCUT2D eigenvalue weighted by molar-refractivity contribution is -0.142. The fraction of sp³-hybridized carbons (Fsp3) is 0.538. The zero-order chi connectivity index (χ0) is 13.0. The molecule has 1 atom stereocenters. The Balaban J connectivity index is 1.89. The van der Waals surface area contributed by atoms with E-state index in [0.29, 0.717) is 13.2 Å². The van der Waals surface area contributed by atoms with E-state index in [-0.39, 0.29) is 12.5 Å². The number of hydrogen-bond donors (Lipinski definition) is 1. The van der Waals surface area contributed by atoms with Crippen LogP contribution in [0.15, 0.2) is 18.3 Å². The third kappa shape index (κ3) is 3.78. The maximum atomic E-state index is 10.7. The Labute approximate surface area is 106 Å². The van der Waals surface area contributed by atoms with Crippen molar-refractivity contribution >= 4 is 5.97 Å². The van der Waals surface area contributed by atoms with E-state index in [1.54, 1.807) is 0 Å². The number of carbonyl (C=O) groups is 1. The molecule has 0 spiro atoms. The quantitative estimate of drug-likeness (QED) is 0.866. The molecule has 1 fully saturated rings. The molecule has 0 aliphatic carbocycles. The van der Waals surface area contributed by atoms with E-state index < -0.39 is 5.97 Å². The van der Waals surface area contributed by atoms with Gasteiger partial charge in [0, 0.05) is 25.8 Å². The lowest BCUT2D eigenvalue weighted by atomic mass is 10.2. The number of carboxylic acid groups (broad SMARTS) is 1. The smallest absolute Gasteiger partial charge is 0.306 e. The molecule has 0 saturated carbocycles. The molecule has 5 nitrogen and oxygen atoms in total. The molecule has 1 aromatic heterocycles. The fourth-order valence-corrected chi connectivity index (χ4v) is 2.06. The number of aryl methyl sites for hydroxylation is 1. The summed E-state index contributed by atoms with van der Waals surface area (Å²) in [7, 11) is 0. The number of nitrogens with zero attached hydrogens (tertiary/aromatic N) is 2. The van der Waals surface area contributed by atoms with E-state index in [0.717, 1.165) is 24.3 Å². The monoisotopic (exact) mass is 250 g/mol. The highest BCUT2D eigenvalue weighted by Crippen LogP contribution is 2.11. The predicted octanol–water partition coefficient (Wildman–Crippen LogP) is 1.07. The molecule has 0 bridgehead atoms. The molecule has 1 N–H and O–H groups in total. The van der Waals surface area contributed by atoms with E-state index in [1.165, 1.54) is 0 Å². The van der Waals surface area contributed by atoms with Crippen LogP contribution in [0.3, 0.4) is 0 Å². The first-order valence-electron chi connectivity index (χ1n) is 6.11. The molecular weight excluding hydrogens is 232 g/mol. The Morgan fingerprint density at radius 3 is 3.11 bits per heavy atom. The molecule has 1 aromatic rings. The predicted molar refractivity (Wildman–Crippen MR) is 66.2 cm³/mol. The molecule has 98 valence electrons. The number of ether oxygens (including phenoxy) is 1. The molecule has 0 amide bonds. The highest BCUT2D eigenvalue weighted by Gasteiger charge is 2.22. The number of carboxylic acids is 1. The van der Waals surface area contributed by atoms with Crippen molar-refractivity contribution in [2.24, 2.45) is 0 Å². The van der Waals surface area contributed by atoms with Gasteiger partial charge in [0.2, 0.25) is 0 Å². The van der Waals surface area contributed by atoms with Crippen LogP contribution in [0.1, 0.15) is 17.7 Å². The van der Waals surface area contributed by atoms with Gasteiger partial charge in [-0.3, -0.25) is 14.7 Å². The minimum absolute atomic E-state index is 0.0673. The van der Waals surface area contributed by atoms with Gasteiger partial charge in [0.1, 0.15) is 0 Å². The van der Waals surface area contributed by atoms with Crippen molar-refractivity contribution in [3.63, 3.8) is 0 Å². The zero-order valence-electron chi connectivity index (χ0n) is 10.5. The van der Waals surface area contributed by atoms with Crippen molar-refractivity contribution < 1.29 is 14.6 Å². The van der Waals surface area contributed by atoms with E-state index in [9.17, 15) is 4.79 Å². The van der Waals surface area contributed by atoms with Gasteiger partial charge in [-0.25, -0.2) is 0 Å². The molecule has 18 heavy (non-hydrogen) atoms. The second kappa shape index (κ2) is 5.93. The molecule has 1 aliphatic rings. The number of aliphatic carboxylic acids is 1. The summed E-state index contributed by atoms with van der Waals surface area (Å²) in [6, 6.07) is 4.05. The van der Waals surface area contributed by atoms with Gasteiger partial charge < -0.3 is 9.84 Å². The maximum Gasteiger partial charge on any atom is 0.306 e. The highest BCUT2D eigenvalue weighted by molar-refractivity contribution is 5.67. The highest BCUT2D eigenvalue weighted by atomic mass is 16.5. The fourth-order valence-electron chi connectivity index (χ4n) is 2.06. The second-order valence-electron chi connectivity index (χ2n) is 4.65. The Hall–Kier alpha value is -1.46.